The average Bonchev–Trinajstić information content (AvgIpc) is 3.82. The van der Waals surface area contributed by atoms with Crippen molar-refractivity contribution >= 4 is 18.3 Å². The van der Waals surface area contributed by atoms with Crippen LogP contribution in [-0.4, -0.2) is 181 Å². The summed E-state index contributed by atoms with van der Waals surface area (Å²) in [5.41, 5.74) is 4.07. The molecule has 2 bridgehead atoms. The number of carbonyl (C=O) groups excluding carboxylic acids is 2. The molecule has 2 aromatic rings. The van der Waals surface area contributed by atoms with Crippen LogP contribution in [0.4, 0.5) is 4.79 Å². The maximum atomic E-state index is 13.5. The number of allylic oxidation sites excluding steroid dienone is 12. The Morgan fingerprint density at radius 2 is 1.27 bits per heavy atom. The number of fused-ring (bicyclic) bond motifs is 5. The second-order valence-electron chi connectivity index (χ2n) is 22.1. The summed E-state index contributed by atoms with van der Waals surface area (Å²) in [5, 5.41) is 119. The molecule has 4 aliphatic rings. The number of hydrogen-bond acceptors (Lipinski definition) is 19. The van der Waals surface area contributed by atoms with Gasteiger partial charge in [0.1, 0.15) is 32.0 Å². The topological polar surface area (TPSA) is 316 Å². The standard InChI is InChI=1S/C63H86N2O18/c1-38-22-16-14-12-10-8-6-7-9-11-13-15-17-23-45(82-61-60(75)57(59(74)41(4)81-61)65-62(76)79-37-51-48-26-20-18-24-46(48)47-25-19-21-27-49(47)51)33-55-50(36-64-78-5)54(71)35-63(77,83-55)34-44(68)31-53(70)52(69)29-28-42(66)30-43(67)32-56(72)80-40(3)39(2)58(38)73/h6-27,36,38-45,50-55,57-61,66-71,73-75,77H,28-35,37H2,1-5H3,(H,65,76)/b7-6?,10-8?,11-9?,14-12?,15-13?,22-16?,23-17?,64-36+/t38-,39-,40-,41+,42+,43+,44-,45-,50+,52+,53+,54-,55-,57-,58+,59+,60-,61-,63+/m0/s1. The molecular formula is C63H86N2O18. The molecule has 0 radical (unpaired) electrons. The van der Waals surface area contributed by atoms with E-state index >= 15 is 0 Å². The van der Waals surface area contributed by atoms with Crippen molar-refractivity contribution in [3.8, 4) is 11.1 Å². The lowest BCUT2D eigenvalue weighted by atomic mass is 9.83. The number of nitrogens with one attached hydrogen (secondary N) is 1. The second-order valence-corrected chi connectivity index (χ2v) is 22.1. The number of carbonyl (C=O) groups is 2. The first-order valence-corrected chi connectivity index (χ1v) is 28.6. The number of ether oxygens (including phenoxy) is 5. The van der Waals surface area contributed by atoms with Crippen molar-refractivity contribution < 1.29 is 89.2 Å². The largest absolute Gasteiger partial charge is 0.462 e. The minimum absolute atomic E-state index is 0.0256. The number of amides is 1. The zero-order valence-corrected chi connectivity index (χ0v) is 47.8. The Labute approximate surface area is 486 Å². The molecule has 6 rings (SSSR count). The number of aliphatic hydroxyl groups is 10. The van der Waals surface area contributed by atoms with Crippen LogP contribution >= 0.6 is 0 Å². The van der Waals surface area contributed by atoms with Crippen LogP contribution in [-0.2, 0) is 33.3 Å². The molecule has 19 atom stereocenters. The molecule has 2 fully saturated rings. The van der Waals surface area contributed by atoms with E-state index in [0.29, 0.717) is 0 Å². The van der Waals surface area contributed by atoms with Gasteiger partial charge in [-0.1, -0.05) is 153 Å². The summed E-state index contributed by atoms with van der Waals surface area (Å²) in [5.74, 6) is -4.90. The van der Waals surface area contributed by atoms with Crippen molar-refractivity contribution in [1.29, 1.82) is 0 Å². The van der Waals surface area contributed by atoms with Gasteiger partial charge in [0.2, 0.25) is 0 Å². The highest BCUT2D eigenvalue weighted by molar-refractivity contribution is 5.79. The van der Waals surface area contributed by atoms with Gasteiger partial charge in [0.15, 0.2) is 12.1 Å². The predicted molar refractivity (Wildman–Crippen MR) is 309 cm³/mol. The number of nitrogens with zero attached hydrogens (tertiary/aromatic N) is 1. The lowest BCUT2D eigenvalue weighted by Crippen LogP contribution is -2.64. The van der Waals surface area contributed by atoms with Gasteiger partial charge in [-0.05, 0) is 55.4 Å². The summed E-state index contributed by atoms with van der Waals surface area (Å²) in [6.45, 7) is 6.76. The Hall–Kier alpha value is -5.69. The fourth-order valence-corrected chi connectivity index (χ4v) is 10.9. The van der Waals surface area contributed by atoms with Gasteiger partial charge in [-0.25, -0.2) is 4.79 Å². The number of hydrogen-bond donors (Lipinski definition) is 11. The number of aliphatic hydroxyl groups excluding tert-OH is 9. The fourth-order valence-electron chi connectivity index (χ4n) is 10.9. The molecule has 3 heterocycles. The van der Waals surface area contributed by atoms with E-state index in [-0.39, 0.29) is 44.1 Å². The zero-order valence-electron chi connectivity index (χ0n) is 47.8. The molecule has 0 saturated carbocycles. The van der Waals surface area contributed by atoms with Crippen molar-refractivity contribution in [2.45, 2.75) is 182 Å². The first-order valence-electron chi connectivity index (χ1n) is 28.6. The summed E-state index contributed by atoms with van der Waals surface area (Å²) >= 11 is 0. The Kier molecular flexibility index (Phi) is 26.1. The molecule has 0 aromatic heterocycles. The zero-order chi connectivity index (χ0) is 60.2. The quantitative estimate of drug-likeness (QED) is 0.100. The number of rotatable bonds is 7. The molecule has 0 unspecified atom stereocenters. The predicted octanol–water partition coefficient (Wildman–Crippen LogP) is 4.84. The highest BCUT2D eigenvalue weighted by Gasteiger charge is 2.49. The summed E-state index contributed by atoms with van der Waals surface area (Å²) in [6.07, 6.45) is 5.04. The van der Waals surface area contributed by atoms with Gasteiger partial charge < -0.3 is 84.9 Å². The number of alkyl carbamates (subject to hydrolysis) is 1. The van der Waals surface area contributed by atoms with Gasteiger partial charge in [-0.3, -0.25) is 4.79 Å². The van der Waals surface area contributed by atoms with Crippen LogP contribution in [0.1, 0.15) is 96.1 Å². The van der Waals surface area contributed by atoms with E-state index < -0.39 is 147 Å². The Bertz CT molecular complexity index is 2560. The van der Waals surface area contributed by atoms with Crippen molar-refractivity contribution in [3.63, 3.8) is 0 Å². The van der Waals surface area contributed by atoms with Gasteiger partial charge in [0.25, 0.3) is 0 Å². The van der Waals surface area contributed by atoms with E-state index in [1.165, 1.54) is 13.3 Å². The van der Waals surface area contributed by atoms with Crippen molar-refractivity contribution in [1.82, 2.24) is 5.32 Å². The SMILES string of the molecule is CO/N=C/[C@H]1[C@@H]2C[C@@H](O[C@@H]3O[C@H](C)[C@@H](O)[C@H](NC(=O)OCC4c5ccccc5-c5ccccc54)[C@@H]3O)C=CC=CC=CC=CC=CC=CC=C[C@H](C)[C@@H](O)[C@@H](C)[C@H](C)OC(=O)C[C@H](O)C[C@H](O)CC[C@@H](O)[C@H](O)C[C@H](O)C[C@](O)(C[C@@H]1O)O2. The van der Waals surface area contributed by atoms with Crippen LogP contribution in [0.25, 0.3) is 11.1 Å². The smallest absolute Gasteiger partial charge is 0.407 e. The normalized spacial score (nSPS) is 36.0. The number of benzene rings is 2. The maximum absolute atomic E-state index is 13.5. The van der Waals surface area contributed by atoms with Crippen LogP contribution in [0.2, 0.25) is 0 Å². The van der Waals surface area contributed by atoms with E-state index in [1.54, 1.807) is 63.3 Å². The minimum atomic E-state index is -2.23. The van der Waals surface area contributed by atoms with Crippen LogP contribution in [0.5, 0.6) is 0 Å². The number of oxime groups is 1. The number of esters is 1. The van der Waals surface area contributed by atoms with Gasteiger partial charge in [-0.2, -0.15) is 0 Å². The van der Waals surface area contributed by atoms with Crippen LogP contribution < -0.4 is 5.32 Å². The lowest BCUT2D eigenvalue weighted by molar-refractivity contribution is -0.304. The lowest BCUT2D eigenvalue weighted by Gasteiger charge is -2.45. The van der Waals surface area contributed by atoms with Crippen LogP contribution in [0, 0.1) is 17.8 Å². The molecule has 1 amide bonds. The molecule has 2 saturated heterocycles. The Balaban J connectivity index is 1.20. The molecule has 1 aliphatic carbocycles. The molecule has 0 spiro atoms. The molecule has 2 aromatic carbocycles. The monoisotopic (exact) mass is 1160 g/mol. The van der Waals surface area contributed by atoms with Gasteiger partial charge in [0, 0.05) is 43.4 Å². The molecule has 456 valence electrons. The van der Waals surface area contributed by atoms with E-state index in [2.05, 4.69) is 10.5 Å². The third kappa shape index (κ3) is 19.7. The summed E-state index contributed by atoms with van der Waals surface area (Å²) in [7, 11) is 1.30. The van der Waals surface area contributed by atoms with Crippen molar-refractivity contribution in [3.05, 3.63) is 145 Å². The molecule has 20 nitrogen and oxygen atoms in total. The second kappa shape index (κ2) is 32.6. The molecule has 3 aliphatic heterocycles. The van der Waals surface area contributed by atoms with E-state index in [1.807, 2.05) is 98.0 Å². The third-order valence-electron chi connectivity index (χ3n) is 15.7. The Morgan fingerprint density at radius 3 is 1.88 bits per heavy atom. The highest BCUT2D eigenvalue weighted by atomic mass is 16.7. The van der Waals surface area contributed by atoms with Gasteiger partial charge in [-0.15, -0.1) is 0 Å². The highest BCUT2D eigenvalue weighted by Crippen LogP contribution is 2.45. The minimum Gasteiger partial charge on any atom is -0.462 e. The summed E-state index contributed by atoms with van der Waals surface area (Å²) in [4.78, 5) is 31.2. The molecule has 11 N–H and O–H groups in total. The average molecular weight is 1160 g/mol. The Morgan fingerprint density at radius 1 is 0.675 bits per heavy atom. The van der Waals surface area contributed by atoms with Crippen molar-refractivity contribution in [2.75, 3.05) is 13.7 Å². The first kappa shape index (κ1) is 66.4. The van der Waals surface area contributed by atoms with Crippen LogP contribution in [0.15, 0.2) is 139 Å². The van der Waals surface area contributed by atoms with Gasteiger partial charge >= 0.3 is 12.1 Å². The maximum Gasteiger partial charge on any atom is 0.407 e. The summed E-state index contributed by atoms with van der Waals surface area (Å²) in [6, 6.07) is 14.4. The summed E-state index contributed by atoms with van der Waals surface area (Å²) < 4.78 is 30.1. The molecule has 83 heavy (non-hydrogen) atoms. The third-order valence-corrected chi connectivity index (χ3v) is 15.7. The fraction of sp³-hybridized carbons (Fsp3) is 0.540. The number of cyclic esters (lactones) is 1. The van der Waals surface area contributed by atoms with Crippen LogP contribution in [0.3, 0.4) is 0 Å². The van der Waals surface area contributed by atoms with E-state index in [0.717, 1.165) is 22.3 Å². The van der Waals surface area contributed by atoms with E-state index in [9.17, 15) is 60.7 Å². The van der Waals surface area contributed by atoms with Gasteiger partial charge in [0.05, 0.1) is 85.6 Å². The van der Waals surface area contributed by atoms with Crippen molar-refractivity contribution in [2.24, 2.45) is 22.9 Å². The van der Waals surface area contributed by atoms with E-state index in [4.69, 9.17) is 28.5 Å². The molecule has 20 heteroatoms. The first-order chi connectivity index (χ1) is 39.7. The molecular weight excluding hydrogens is 1070 g/mol.